The van der Waals surface area contributed by atoms with Gasteiger partial charge in [-0.15, -0.1) is 0 Å². The van der Waals surface area contributed by atoms with Gasteiger partial charge in [0, 0.05) is 16.6 Å². The molecule has 2 amide bonds. The van der Waals surface area contributed by atoms with Crippen LogP contribution in [0.4, 0.5) is 0 Å². The molecule has 2 N–H and O–H groups in total. The minimum absolute atomic E-state index is 0.0260. The minimum Gasteiger partial charge on any atom is -0.454 e. The fourth-order valence-electron chi connectivity index (χ4n) is 2.39. The number of rotatable bonds is 11. The highest BCUT2D eigenvalue weighted by Crippen LogP contribution is 2.10. The van der Waals surface area contributed by atoms with Crippen LogP contribution in [-0.4, -0.2) is 48.5 Å². The van der Waals surface area contributed by atoms with E-state index in [0.29, 0.717) is 22.8 Å². The normalized spacial score (nSPS) is 12.7. The average Bonchev–Trinajstić information content (AvgIpc) is 2.63. The van der Waals surface area contributed by atoms with Gasteiger partial charge in [0.05, 0.1) is 0 Å². The van der Waals surface area contributed by atoms with E-state index in [9.17, 15) is 14.4 Å². The lowest BCUT2D eigenvalue weighted by atomic mass is 10.1. The predicted octanol–water partition coefficient (Wildman–Crippen LogP) is 3.04. The highest BCUT2D eigenvalue weighted by atomic mass is 35.5. The molecule has 0 saturated heterocycles. The molecule has 2 atom stereocenters. The third-order valence-corrected chi connectivity index (χ3v) is 4.68. The van der Waals surface area contributed by atoms with Crippen molar-refractivity contribution in [3.8, 4) is 0 Å². The number of ether oxygens (including phenoxy) is 1. The average molecular weight is 415 g/mol. The molecule has 150 valence electrons. The summed E-state index contributed by atoms with van der Waals surface area (Å²) in [6.45, 7) is 3.57. The van der Waals surface area contributed by atoms with Crippen LogP contribution < -0.4 is 10.6 Å². The number of hydrogen-bond donors (Lipinski definition) is 2. The molecule has 0 aliphatic heterocycles. The number of halogens is 1. The zero-order chi connectivity index (χ0) is 20.2. The van der Waals surface area contributed by atoms with Gasteiger partial charge in [-0.1, -0.05) is 24.9 Å². The Balaban J connectivity index is 2.61. The molecule has 0 aliphatic rings. The molecule has 0 saturated carbocycles. The molecule has 1 aromatic rings. The number of esters is 1. The van der Waals surface area contributed by atoms with Crippen molar-refractivity contribution in [3.63, 3.8) is 0 Å². The number of carbonyl (C=O) groups is 3. The standard InChI is InChI=1S/C19H27ClN2O4S/c1-4-5-13(2)21-17(23)12-26-19(25)16(10-11-27-3)22-18(24)14-6-8-15(20)9-7-14/h6-9,13,16H,4-5,10-12H2,1-3H3,(H,21,23)(H,22,24)/t13-,16-/m1/s1. The second kappa shape index (κ2) is 12.6. The molecule has 0 heterocycles. The molecule has 0 aromatic heterocycles. The van der Waals surface area contributed by atoms with Crippen LogP contribution in [0.25, 0.3) is 0 Å². The van der Waals surface area contributed by atoms with E-state index in [1.165, 1.54) is 0 Å². The van der Waals surface area contributed by atoms with Crippen LogP contribution in [0.3, 0.4) is 0 Å². The maximum atomic E-state index is 12.3. The third-order valence-electron chi connectivity index (χ3n) is 3.78. The molecule has 1 rings (SSSR count). The number of amides is 2. The van der Waals surface area contributed by atoms with Crippen molar-refractivity contribution >= 4 is 41.1 Å². The first kappa shape index (κ1) is 23.3. The van der Waals surface area contributed by atoms with Gasteiger partial charge in [-0.2, -0.15) is 11.8 Å². The summed E-state index contributed by atoms with van der Waals surface area (Å²) in [6, 6.07) is 5.58. The summed E-state index contributed by atoms with van der Waals surface area (Å²) >= 11 is 7.38. The number of carbonyl (C=O) groups excluding carboxylic acids is 3. The van der Waals surface area contributed by atoms with Gasteiger partial charge in [0.1, 0.15) is 6.04 Å². The summed E-state index contributed by atoms with van der Waals surface area (Å²) in [4.78, 5) is 36.5. The lowest BCUT2D eigenvalue weighted by Gasteiger charge is -2.18. The highest BCUT2D eigenvalue weighted by Gasteiger charge is 2.23. The van der Waals surface area contributed by atoms with Gasteiger partial charge in [0.15, 0.2) is 6.61 Å². The first-order chi connectivity index (χ1) is 12.9. The van der Waals surface area contributed by atoms with E-state index < -0.39 is 17.9 Å². The molecule has 0 radical (unpaired) electrons. The maximum absolute atomic E-state index is 12.3. The molecule has 0 bridgehead atoms. The molecule has 0 unspecified atom stereocenters. The van der Waals surface area contributed by atoms with Crippen molar-refractivity contribution in [3.05, 3.63) is 34.9 Å². The van der Waals surface area contributed by atoms with Gasteiger partial charge in [0.25, 0.3) is 11.8 Å². The van der Waals surface area contributed by atoms with Crippen LogP contribution in [0.2, 0.25) is 5.02 Å². The third kappa shape index (κ3) is 9.15. The van der Waals surface area contributed by atoms with E-state index in [4.69, 9.17) is 16.3 Å². The molecule has 0 aliphatic carbocycles. The van der Waals surface area contributed by atoms with Crippen LogP contribution in [0.5, 0.6) is 0 Å². The quantitative estimate of drug-likeness (QED) is 0.543. The predicted molar refractivity (Wildman–Crippen MR) is 109 cm³/mol. The Morgan fingerprint density at radius 3 is 2.41 bits per heavy atom. The van der Waals surface area contributed by atoms with Crippen molar-refractivity contribution < 1.29 is 19.1 Å². The van der Waals surface area contributed by atoms with Gasteiger partial charge < -0.3 is 15.4 Å². The number of benzene rings is 1. The van der Waals surface area contributed by atoms with Crippen LogP contribution >= 0.6 is 23.4 Å². The van der Waals surface area contributed by atoms with Crippen molar-refractivity contribution in [2.24, 2.45) is 0 Å². The Morgan fingerprint density at radius 1 is 1.15 bits per heavy atom. The highest BCUT2D eigenvalue weighted by molar-refractivity contribution is 7.98. The Bertz CT molecular complexity index is 625. The summed E-state index contributed by atoms with van der Waals surface area (Å²) in [5, 5.41) is 5.96. The minimum atomic E-state index is -0.818. The Kier molecular flexibility index (Phi) is 10.9. The zero-order valence-corrected chi connectivity index (χ0v) is 17.5. The number of hydrogen-bond acceptors (Lipinski definition) is 5. The smallest absolute Gasteiger partial charge is 0.329 e. The summed E-state index contributed by atoms with van der Waals surface area (Å²) in [7, 11) is 0. The summed E-state index contributed by atoms with van der Waals surface area (Å²) in [6.07, 6.45) is 4.13. The summed E-state index contributed by atoms with van der Waals surface area (Å²) < 4.78 is 5.10. The zero-order valence-electron chi connectivity index (χ0n) is 15.9. The van der Waals surface area contributed by atoms with Gasteiger partial charge in [-0.05, 0) is 56.0 Å². The molecule has 8 heteroatoms. The van der Waals surface area contributed by atoms with Crippen LogP contribution in [-0.2, 0) is 14.3 Å². The van der Waals surface area contributed by atoms with Gasteiger partial charge in [-0.25, -0.2) is 4.79 Å². The molecule has 0 spiro atoms. The topological polar surface area (TPSA) is 84.5 Å². The Morgan fingerprint density at radius 2 is 1.81 bits per heavy atom. The molecule has 27 heavy (non-hydrogen) atoms. The van der Waals surface area contributed by atoms with Crippen molar-refractivity contribution in [1.29, 1.82) is 0 Å². The summed E-state index contributed by atoms with van der Waals surface area (Å²) in [5.41, 5.74) is 0.396. The lowest BCUT2D eigenvalue weighted by molar-refractivity contribution is -0.150. The number of thioether (sulfide) groups is 1. The first-order valence-electron chi connectivity index (χ1n) is 8.88. The van der Waals surface area contributed by atoms with Crippen LogP contribution in [0, 0.1) is 0 Å². The van der Waals surface area contributed by atoms with Gasteiger partial charge in [0.2, 0.25) is 0 Å². The van der Waals surface area contributed by atoms with Crippen molar-refractivity contribution in [1.82, 2.24) is 10.6 Å². The monoisotopic (exact) mass is 414 g/mol. The van der Waals surface area contributed by atoms with Crippen molar-refractivity contribution in [2.75, 3.05) is 18.6 Å². The molecular formula is C19H27ClN2O4S. The molecule has 1 aromatic carbocycles. The SMILES string of the molecule is CCC[C@@H](C)NC(=O)COC(=O)[C@@H](CCSC)NC(=O)c1ccc(Cl)cc1. The van der Waals surface area contributed by atoms with E-state index in [-0.39, 0.29) is 18.6 Å². The van der Waals surface area contributed by atoms with Crippen LogP contribution in [0.15, 0.2) is 24.3 Å². The Hall–Kier alpha value is -1.73. The fourth-order valence-corrected chi connectivity index (χ4v) is 2.98. The molecule has 0 fully saturated rings. The number of nitrogens with one attached hydrogen (secondary N) is 2. The maximum Gasteiger partial charge on any atom is 0.329 e. The molecular weight excluding hydrogens is 388 g/mol. The van der Waals surface area contributed by atoms with Gasteiger partial charge >= 0.3 is 5.97 Å². The van der Waals surface area contributed by atoms with E-state index in [2.05, 4.69) is 10.6 Å². The largest absolute Gasteiger partial charge is 0.454 e. The van der Waals surface area contributed by atoms with E-state index in [1.807, 2.05) is 20.1 Å². The van der Waals surface area contributed by atoms with Gasteiger partial charge in [-0.3, -0.25) is 9.59 Å². The summed E-state index contributed by atoms with van der Waals surface area (Å²) in [5.74, 6) is -0.697. The van der Waals surface area contributed by atoms with E-state index in [1.54, 1.807) is 36.0 Å². The molecule has 6 nitrogen and oxygen atoms in total. The fraction of sp³-hybridized carbons (Fsp3) is 0.526. The second-order valence-corrected chi connectivity index (χ2v) is 7.60. The lowest BCUT2D eigenvalue weighted by Crippen LogP contribution is -2.44. The van der Waals surface area contributed by atoms with Crippen LogP contribution in [0.1, 0.15) is 43.5 Å². The second-order valence-electron chi connectivity index (χ2n) is 6.18. The van der Waals surface area contributed by atoms with E-state index in [0.717, 1.165) is 12.8 Å². The van der Waals surface area contributed by atoms with Crippen molar-refractivity contribution in [2.45, 2.75) is 45.2 Å². The first-order valence-corrected chi connectivity index (χ1v) is 10.7. The van der Waals surface area contributed by atoms with E-state index >= 15 is 0 Å². The Labute approximate surface area is 169 Å².